The Labute approximate surface area is 118 Å². The predicted octanol–water partition coefficient (Wildman–Crippen LogP) is 0.834. The summed E-state index contributed by atoms with van der Waals surface area (Å²) in [5.74, 6) is -1.65. The van der Waals surface area contributed by atoms with E-state index >= 15 is 0 Å². The molecule has 7 nitrogen and oxygen atoms in total. The summed E-state index contributed by atoms with van der Waals surface area (Å²) < 4.78 is 4.80. The molecule has 2 N–H and O–H groups in total. The predicted molar refractivity (Wildman–Crippen MR) is 71.2 cm³/mol. The quantitative estimate of drug-likeness (QED) is 0.705. The number of amides is 2. The Kier molecular flexibility index (Phi) is 6.27. The molecule has 0 bridgehead atoms. The molecule has 0 spiro atoms. The van der Waals surface area contributed by atoms with Gasteiger partial charge in [0.15, 0.2) is 0 Å². The Hall–Kier alpha value is -1.79. The Morgan fingerprint density at radius 3 is 2.50 bits per heavy atom. The van der Waals surface area contributed by atoms with Gasteiger partial charge in [0.1, 0.15) is 6.54 Å². The van der Waals surface area contributed by atoms with Crippen LogP contribution < -0.4 is 5.32 Å². The van der Waals surface area contributed by atoms with E-state index in [4.69, 9.17) is 9.84 Å². The number of aliphatic carboxylic acids is 1. The van der Waals surface area contributed by atoms with E-state index in [1.54, 1.807) is 13.8 Å². The van der Waals surface area contributed by atoms with Crippen molar-refractivity contribution in [3.63, 3.8) is 0 Å². The van der Waals surface area contributed by atoms with Gasteiger partial charge in [0.05, 0.1) is 12.5 Å². The van der Waals surface area contributed by atoms with Gasteiger partial charge in [-0.15, -0.1) is 0 Å². The number of hydrogen-bond donors (Lipinski definition) is 2. The minimum absolute atomic E-state index is 0.0920. The lowest BCUT2D eigenvalue weighted by Crippen LogP contribution is -2.46. The third-order valence-corrected chi connectivity index (χ3v) is 3.40. The van der Waals surface area contributed by atoms with Gasteiger partial charge >= 0.3 is 18.0 Å². The lowest BCUT2D eigenvalue weighted by molar-refractivity contribution is -0.144. The number of nitrogens with zero attached hydrogens (tertiary/aromatic N) is 1. The molecule has 2 amide bonds. The average molecular weight is 286 g/mol. The fourth-order valence-corrected chi connectivity index (χ4v) is 2.29. The number of esters is 1. The topological polar surface area (TPSA) is 95.9 Å². The van der Waals surface area contributed by atoms with Gasteiger partial charge in [-0.05, 0) is 33.1 Å². The first kappa shape index (κ1) is 16.3. The van der Waals surface area contributed by atoms with E-state index in [1.807, 2.05) is 0 Å². The summed E-state index contributed by atoms with van der Waals surface area (Å²) in [6.45, 7) is 4.05. The number of hydrogen-bond acceptors (Lipinski definition) is 4. The van der Waals surface area contributed by atoms with Crippen LogP contribution in [0, 0.1) is 5.92 Å². The first-order chi connectivity index (χ1) is 9.47. The van der Waals surface area contributed by atoms with E-state index in [9.17, 15) is 14.4 Å². The highest BCUT2D eigenvalue weighted by Crippen LogP contribution is 2.25. The molecule has 1 fully saturated rings. The fraction of sp³-hybridized carbons (Fsp3) is 0.769. The van der Waals surface area contributed by atoms with Crippen molar-refractivity contribution in [2.45, 2.75) is 39.2 Å². The van der Waals surface area contributed by atoms with Gasteiger partial charge in [0.2, 0.25) is 0 Å². The molecule has 1 rings (SSSR count). The minimum atomic E-state index is -0.819. The molecule has 0 aliphatic heterocycles. The second kappa shape index (κ2) is 7.72. The van der Waals surface area contributed by atoms with E-state index in [2.05, 4.69) is 5.32 Å². The molecule has 114 valence electrons. The van der Waals surface area contributed by atoms with Crippen LogP contribution >= 0.6 is 0 Å². The highest BCUT2D eigenvalue weighted by molar-refractivity contribution is 5.81. The van der Waals surface area contributed by atoms with Crippen molar-refractivity contribution in [2.75, 3.05) is 19.7 Å². The largest absolute Gasteiger partial charge is 0.481 e. The van der Waals surface area contributed by atoms with E-state index in [-0.39, 0.29) is 31.1 Å². The molecule has 2 atom stereocenters. The summed E-state index contributed by atoms with van der Waals surface area (Å²) in [6, 6.07) is -0.489. The van der Waals surface area contributed by atoms with Crippen molar-refractivity contribution >= 4 is 18.0 Å². The molecule has 20 heavy (non-hydrogen) atoms. The molecule has 1 saturated carbocycles. The van der Waals surface area contributed by atoms with Crippen LogP contribution in [0.15, 0.2) is 0 Å². The van der Waals surface area contributed by atoms with E-state index in [0.29, 0.717) is 25.8 Å². The van der Waals surface area contributed by atoms with E-state index in [1.165, 1.54) is 4.90 Å². The summed E-state index contributed by atoms with van der Waals surface area (Å²) >= 11 is 0. The summed E-state index contributed by atoms with van der Waals surface area (Å²) in [7, 11) is 0. The second-order valence-electron chi connectivity index (χ2n) is 4.81. The number of rotatable bonds is 6. The first-order valence-corrected chi connectivity index (χ1v) is 6.91. The van der Waals surface area contributed by atoms with E-state index < -0.39 is 11.9 Å². The van der Waals surface area contributed by atoms with Crippen LogP contribution in [0.3, 0.4) is 0 Å². The van der Waals surface area contributed by atoms with Gasteiger partial charge in [0, 0.05) is 12.6 Å². The minimum Gasteiger partial charge on any atom is -0.481 e. The molecule has 1 aliphatic carbocycles. The maximum atomic E-state index is 12.0. The SMILES string of the molecule is CCOC(=O)CN(CC)C(=O)NC1CCC(C(=O)O)C1. The number of carbonyl (C=O) groups is 3. The lowest BCUT2D eigenvalue weighted by Gasteiger charge is -2.22. The van der Waals surface area contributed by atoms with Gasteiger partial charge in [0.25, 0.3) is 0 Å². The monoisotopic (exact) mass is 286 g/mol. The van der Waals surface area contributed by atoms with Crippen LogP contribution in [0.1, 0.15) is 33.1 Å². The third-order valence-electron chi connectivity index (χ3n) is 3.40. The van der Waals surface area contributed by atoms with Crippen LogP contribution in [0.5, 0.6) is 0 Å². The molecule has 0 saturated heterocycles. The number of urea groups is 1. The van der Waals surface area contributed by atoms with E-state index in [0.717, 1.165) is 0 Å². The van der Waals surface area contributed by atoms with Crippen molar-refractivity contribution in [3.05, 3.63) is 0 Å². The zero-order chi connectivity index (χ0) is 15.1. The maximum Gasteiger partial charge on any atom is 0.325 e. The molecule has 1 aliphatic rings. The Bertz CT molecular complexity index is 372. The lowest BCUT2D eigenvalue weighted by atomic mass is 10.1. The molecule has 0 aromatic carbocycles. The van der Waals surface area contributed by atoms with Crippen molar-refractivity contribution in [2.24, 2.45) is 5.92 Å². The van der Waals surface area contributed by atoms with Gasteiger partial charge in [-0.25, -0.2) is 4.79 Å². The number of carbonyl (C=O) groups excluding carboxylic acids is 2. The number of nitrogens with one attached hydrogen (secondary N) is 1. The molecule has 7 heteroatoms. The number of carboxylic acid groups (broad SMARTS) is 1. The highest BCUT2D eigenvalue weighted by atomic mass is 16.5. The summed E-state index contributed by atoms with van der Waals surface area (Å²) in [6.07, 6.45) is 1.67. The van der Waals surface area contributed by atoms with Crippen LogP contribution in [0.2, 0.25) is 0 Å². The first-order valence-electron chi connectivity index (χ1n) is 6.91. The zero-order valence-corrected chi connectivity index (χ0v) is 11.9. The fourth-order valence-electron chi connectivity index (χ4n) is 2.29. The highest BCUT2D eigenvalue weighted by Gasteiger charge is 2.31. The summed E-state index contributed by atoms with van der Waals surface area (Å²) in [4.78, 5) is 35.6. The molecule has 0 heterocycles. The molecule has 0 radical (unpaired) electrons. The number of likely N-dealkylation sites (N-methyl/N-ethyl adjacent to an activating group) is 1. The molecule has 0 aromatic heterocycles. The van der Waals surface area contributed by atoms with Gasteiger partial charge in [-0.3, -0.25) is 9.59 Å². The van der Waals surface area contributed by atoms with Crippen LogP contribution in [0.25, 0.3) is 0 Å². The normalized spacial score (nSPS) is 21.3. The van der Waals surface area contributed by atoms with Crippen LogP contribution in [0.4, 0.5) is 4.79 Å². The number of carboxylic acids is 1. The smallest absolute Gasteiger partial charge is 0.325 e. The second-order valence-corrected chi connectivity index (χ2v) is 4.81. The van der Waals surface area contributed by atoms with Gasteiger partial charge < -0.3 is 20.1 Å². The number of ether oxygens (including phenoxy) is 1. The molecular weight excluding hydrogens is 264 g/mol. The summed E-state index contributed by atoms with van der Waals surface area (Å²) in [5, 5.41) is 11.7. The van der Waals surface area contributed by atoms with Gasteiger partial charge in [-0.1, -0.05) is 0 Å². The maximum absolute atomic E-state index is 12.0. The Balaban J connectivity index is 2.44. The third kappa shape index (κ3) is 4.71. The van der Waals surface area contributed by atoms with Crippen molar-refractivity contribution in [1.29, 1.82) is 0 Å². The zero-order valence-electron chi connectivity index (χ0n) is 11.9. The van der Waals surface area contributed by atoms with Crippen LogP contribution in [-0.4, -0.2) is 53.7 Å². The molecular formula is C13H22N2O5. The Morgan fingerprint density at radius 1 is 1.30 bits per heavy atom. The van der Waals surface area contributed by atoms with Crippen molar-refractivity contribution in [1.82, 2.24) is 10.2 Å². The van der Waals surface area contributed by atoms with Crippen molar-refractivity contribution < 1.29 is 24.2 Å². The van der Waals surface area contributed by atoms with Crippen LogP contribution in [-0.2, 0) is 14.3 Å². The summed E-state index contributed by atoms with van der Waals surface area (Å²) in [5.41, 5.74) is 0. The van der Waals surface area contributed by atoms with Crippen molar-refractivity contribution in [3.8, 4) is 0 Å². The standard InChI is InChI=1S/C13H22N2O5/c1-3-15(8-11(16)20-4-2)13(19)14-10-6-5-9(7-10)12(17)18/h9-10H,3-8H2,1-2H3,(H,14,19)(H,17,18). The molecule has 0 aromatic rings. The Morgan fingerprint density at radius 2 is 2.00 bits per heavy atom. The average Bonchev–Trinajstić information content (AvgIpc) is 2.84. The van der Waals surface area contributed by atoms with Gasteiger partial charge in [-0.2, -0.15) is 0 Å². The molecule has 2 unspecified atom stereocenters.